The Bertz CT molecular complexity index is 891. The van der Waals surface area contributed by atoms with Gasteiger partial charge in [-0.3, -0.25) is 20.5 Å². The molecule has 4 N–H and O–H groups in total. The van der Waals surface area contributed by atoms with Crippen LogP contribution in [0, 0.1) is 0 Å². The highest BCUT2D eigenvalue weighted by Gasteiger charge is 2.49. The van der Waals surface area contributed by atoms with Crippen LogP contribution >= 0.6 is 0 Å². The van der Waals surface area contributed by atoms with E-state index in [0.29, 0.717) is 6.08 Å². The van der Waals surface area contributed by atoms with Gasteiger partial charge in [0.1, 0.15) is 24.7 Å². The Hall–Kier alpha value is -2.67. The van der Waals surface area contributed by atoms with Gasteiger partial charge in [0.2, 0.25) is 6.10 Å². The Labute approximate surface area is 186 Å². The maximum Gasteiger partial charge on any atom is 0.573 e. The molecule has 0 aromatic heterocycles. The Morgan fingerprint density at radius 3 is 2.41 bits per heavy atom. The van der Waals surface area contributed by atoms with Crippen molar-refractivity contribution in [3.63, 3.8) is 0 Å². The number of benzene rings is 1. The topological polar surface area (TPSA) is 139 Å². The lowest BCUT2D eigenvalue weighted by atomic mass is 9.97. The van der Waals surface area contributed by atoms with E-state index in [-0.39, 0.29) is 17.5 Å². The number of aryl methyl sites for hydroxylation is 1. The van der Waals surface area contributed by atoms with Crippen molar-refractivity contribution in [2.45, 2.75) is 38.1 Å². The third-order valence-corrected chi connectivity index (χ3v) is 4.13. The summed E-state index contributed by atoms with van der Waals surface area (Å²) in [6, 6.07) is 1.59. The third-order valence-electron chi connectivity index (χ3n) is 4.13. The summed E-state index contributed by atoms with van der Waals surface area (Å²) < 4.78 is 92.5. The van der Waals surface area contributed by atoms with Gasteiger partial charge in [-0.1, -0.05) is 12.6 Å². The van der Waals surface area contributed by atoms with Gasteiger partial charge in [-0.05, 0) is 30.2 Å². The van der Waals surface area contributed by atoms with Crippen LogP contribution in [0.25, 0.3) is 6.08 Å². The molecule has 0 bridgehead atoms. The normalized spacial score (nSPS) is 17.0. The third kappa shape index (κ3) is 7.69. The number of halogens is 6. The number of esters is 1. The highest BCUT2D eigenvalue weighted by Crippen LogP contribution is 2.42. The molecule has 34 heavy (non-hydrogen) atoms. The lowest BCUT2D eigenvalue weighted by molar-refractivity contribution is -0.495. The van der Waals surface area contributed by atoms with E-state index in [4.69, 9.17) is 25.1 Å². The minimum atomic E-state index is -5.14. The number of rotatable bonds is 10. The summed E-state index contributed by atoms with van der Waals surface area (Å²) in [4.78, 5) is 21.1. The number of carbonyl (C=O) groups is 1. The maximum atomic E-state index is 13.7. The summed E-state index contributed by atoms with van der Waals surface area (Å²) in [6.07, 6.45) is -14.1. The molecule has 0 aliphatic carbocycles. The standard InChI is InChI=1S/C17H18F6N2O9/c1-2-8-3-10(34-17(21,22)23)4-9-5-12(14(16(18,19)20)33-13(8)9)15(26)32-11(6-30-24-27)7-31-25(28)29/h3-5,11,14,24,27-29H,2,6-7H2,1H3/t11?,14-/m0/s1. The Morgan fingerprint density at radius 2 is 1.88 bits per heavy atom. The van der Waals surface area contributed by atoms with Gasteiger partial charge in [0.25, 0.3) is 0 Å². The highest BCUT2D eigenvalue weighted by atomic mass is 19.4. The van der Waals surface area contributed by atoms with Crippen LogP contribution in [-0.2, 0) is 25.6 Å². The summed E-state index contributed by atoms with van der Waals surface area (Å²) in [5.74, 6) is -2.80. The minimum Gasteiger partial charge on any atom is -0.475 e. The molecule has 0 fully saturated rings. The van der Waals surface area contributed by atoms with Crippen LogP contribution < -0.4 is 15.1 Å². The van der Waals surface area contributed by atoms with Crippen LogP contribution in [0.4, 0.5) is 26.3 Å². The first kappa shape index (κ1) is 27.6. The molecule has 1 aromatic rings. The molecule has 11 nitrogen and oxygen atoms in total. The number of nitrogens with zero attached hydrogens (tertiary/aromatic N) is 1. The molecule has 0 saturated heterocycles. The van der Waals surface area contributed by atoms with Crippen molar-refractivity contribution in [3.05, 3.63) is 28.8 Å². The molecule has 1 heterocycles. The predicted molar refractivity (Wildman–Crippen MR) is 93.1 cm³/mol. The van der Waals surface area contributed by atoms with Gasteiger partial charge in [0, 0.05) is 5.56 Å². The van der Waals surface area contributed by atoms with Crippen LogP contribution in [0.1, 0.15) is 18.1 Å². The van der Waals surface area contributed by atoms with Crippen molar-refractivity contribution in [1.29, 1.82) is 0 Å². The molecule has 2 atom stereocenters. The first-order valence-electron chi connectivity index (χ1n) is 9.15. The molecule has 1 unspecified atom stereocenters. The molecular weight excluding hydrogens is 490 g/mol. The van der Waals surface area contributed by atoms with Gasteiger partial charge >= 0.3 is 18.5 Å². The Balaban J connectivity index is 2.45. The zero-order valence-corrected chi connectivity index (χ0v) is 17.0. The Morgan fingerprint density at radius 1 is 1.21 bits per heavy atom. The lowest BCUT2D eigenvalue weighted by Crippen LogP contribution is -2.42. The van der Waals surface area contributed by atoms with Gasteiger partial charge in [0.15, 0.2) is 6.10 Å². The first-order valence-corrected chi connectivity index (χ1v) is 9.15. The number of nitrogens with one attached hydrogen (secondary N) is 1. The van der Waals surface area contributed by atoms with E-state index in [1.54, 1.807) is 0 Å². The molecule has 1 aromatic carbocycles. The number of alkyl halides is 6. The molecule has 1 aliphatic rings. The molecule has 2 rings (SSSR count). The minimum absolute atomic E-state index is 0.0285. The second kappa shape index (κ2) is 11.2. The SMILES string of the molecule is CCc1cc(OC(F)(F)F)cc2c1O[C@H](C(F)(F)F)C(C(=O)OC(CONO)CON(O)O)=C2. The predicted octanol–water partition coefficient (Wildman–Crippen LogP) is 2.69. The molecule has 0 saturated carbocycles. The molecular formula is C17H18F6N2O9. The van der Waals surface area contributed by atoms with E-state index in [9.17, 15) is 31.1 Å². The van der Waals surface area contributed by atoms with E-state index in [1.165, 1.54) is 12.6 Å². The smallest absolute Gasteiger partial charge is 0.475 e. The first-order chi connectivity index (χ1) is 15.7. The zero-order chi connectivity index (χ0) is 25.7. The van der Waals surface area contributed by atoms with Gasteiger partial charge in [-0.15, -0.1) is 13.2 Å². The van der Waals surface area contributed by atoms with E-state index in [2.05, 4.69) is 14.4 Å². The zero-order valence-electron chi connectivity index (χ0n) is 17.0. The largest absolute Gasteiger partial charge is 0.573 e. The van der Waals surface area contributed by atoms with Crippen molar-refractivity contribution in [1.82, 2.24) is 11.0 Å². The van der Waals surface area contributed by atoms with E-state index < -0.39 is 66.4 Å². The van der Waals surface area contributed by atoms with Crippen LogP contribution in [0.5, 0.6) is 11.5 Å². The van der Waals surface area contributed by atoms with Crippen molar-refractivity contribution < 1.29 is 70.6 Å². The van der Waals surface area contributed by atoms with Crippen LogP contribution in [0.3, 0.4) is 0 Å². The van der Waals surface area contributed by atoms with Gasteiger partial charge in [-0.25, -0.2) is 9.63 Å². The summed E-state index contributed by atoms with van der Waals surface area (Å²) in [5.41, 5.74) is -0.292. The lowest BCUT2D eigenvalue weighted by Gasteiger charge is -2.30. The summed E-state index contributed by atoms with van der Waals surface area (Å²) in [6.45, 7) is -0.135. The molecule has 1 aliphatic heterocycles. The fourth-order valence-electron chi connectivity index (χ4n) is 2.84. The molecule has 0 spiro atoms. The highest BCUT2D eigenvalue weighted by molar-refractivity contribution is 5.96. The van der Waals surface area contributed by atoms with Crippen molar-refractivity contribution in [2.24, 2.45) is 0 Å². The van der Waals surface area contributed by atoms with Gasteiger partial charge in [-0.2, -0.15) is 13.2 Å². The van der Waals surface area contributed by atoms with E-state index in [1.807, 2.05) is 0 Å². The second-order valence-corrected chi connectivity index (χ2v) is 6.52. The summed E-state index contributed by atoms with van der Waals surface area (Å²) >= 11 is 0. The van der Waals surface area contributed by atoms with E-state index >= 15 is 0 Å². The average molecular weight is 508 g/mol. The summed E-state index contributed by atoms with van der Waals surface area (Å²) in [7, 11) is 0. The number of carbonyl (C=O) groups excluding carboxylic acids is 1. The molecule has 192 valence electrons. The van der Waals surface area contributed by atoms with E-state index in [0.717, 1.165) is 12.1 Å². The monoisotopic (exact) mass is 508 g/mol. The number of ether oxygens (including phenoxy) is 3. The van der Waals surface area contributed by atoms with Crippen LogP contribution in [0.15, 0.2) is 17.7 Å². The number of hydrogen-bond donors (Lipinski definition) is 4. The number of hydrogen-bond acceptors (Lipinski definition) is 11. The van der Waals surface area contributed by atoms with Crippen molar-refractivity contribution in [2.75, 3.05) is 13.2 Å². The van der Waals surface area contributed by atoms with Gasteiger partial charge in [0.05, 0.1) is 11.0 Å². The fraction of sp³-hybridized carbons (Fsp3) is 0.471. The molecule has 0 radical (unpaired) electrons. The van der Waals surface area contributed by atoms with Crippen LogP contribution in [-0.4, -0.2) is 64.9 Å². The Kier molecular flexibility index (Phi) is 9.06. The van der Waals surface area contributed by atoms with Crippen LogP contribution in [0.2, 0.25) is 0 Å². The quantitative estimate of drug-likeness (QED) is 0.211. The fourth-order valence-corrected chi connectivity index (χ4v) is 2.84. The maximum absolute atomic E-state index is 13.7. The molecule has 17 heteroatoms. The summed E-state index contributed by atoms with van der Waals surface area (Å²) in [5, 5.41) is 24.8. The average Bonchev–Trinajstić information content (AvgIpc) is 2.71. The molecule has 0 amide bonds. The van der Waals surface area contributed by atoms with Gasteiger partial charge < -0.3 is 14.2 Å². The second-order valence-electron chi connectivity index (χ2n) is 6.52. The van der Waals surface area contributed by atoms with Crippen molar-refractivity contribution >= 4 is 12.0 Å². The number of fused-ring (bicyclic) bond motifs is 1. The van der Waals surface area contributed by atoms with Crippen molar-refractivity contribution in [3.8, 4) is 11.5 Å².